The van der Waals surface area contributed by atoms with E-state index in [2.05, 4.69) is 20.6 Å². The van der Waals surface area contributed by atoms with Crippen molar-refractivity contribution in [2.75, 3.05) is 20.3 Å². The Labute approximate surface area is 252 Å². The SMILES string of the molecule is COc1cc(C)cc2c1OCC(C)C2NC(=O)C1CC(F)CN1C(=O)Cn1nc(C(N)=O)c2cc(-c3ccnnc3)ccc21. The number of amides is 3. The molecule has 4 heterocycles. The Morgan fingerprint density at radius 2 is 1.98 bits per heavy atom. The van der Waals surface area contributed by atoms with Crippen molar-refractivity contribution in [1.29, 1.82) is 0 Å². The molecule has 2 aromatic heterocycles. The standard InChI is InChI=1S/C31H32FN7O5/c1-16-8-22-27(17(2)15-44-29(22)25(9-16)43-3)36-31(42)24-11-20(32)13-38(24)26(40)14-39-23-5-4-18(19-6-7-34-35-12-19)10-21(23)28(37-39)30(33)41/h4-10,12,17,20,24,27H,11,13-15H2,1-3H3,(H2,33,41)(H,36,42). The zero-order valence-electron chi connectivity index (χ0n) is 24.5. The van der Waals surface area contributed by atoms with Gasteiger partial charge in [0.25, 0.3) is 5.91 Å². The number of hydrogen-bond acceptors (Lipinski definition) is 8. The molecule has 4 unspecified atom stereocenters. The number of nitrogens with two attached hydrogens (primary N) is 1. The third kappa shape index (κ3) is 5.29. The molecule has 4 aromatic rings. The van der Waals surface area contributed by atoms with Crippen molar-refractivity contribution in [2.24, 2.45) is 11.7 Å². The van der Waals surface area contributed by atoms with Crippen LogP contribution in [0, 0.1) is 12.8 Å². The molecule has 13 heteroatoms. The van der Waals surface area contributed by atoms with Crippen LogP contribution in [0.2, 0.25) is 0 Å². The summed E-state index contributed by atoms with van der Waals surface area (Å²) in [7, 11) is 1.56. The highest BCUT2D eigenvalue weighted by Crippen LogP contribution is 2.42. The summed E-state index contributed by atoms with van der Waals surface area (Å²) in [5, 5.41) is 15.5. The van der Waals surface area contributed by atoms with Crippen LogP contribution >= 0.6 is 0 Å². The predicted molar refractivity (Wildman–Crippen MR) is 158 cm³/mol. The van der Waals surface area contributed by atoms with Gasteiger partial charge in [0, 0.05) is 28.9 Å². The number of ether oxygens (including phenoxy) is 2. The topological polar surface area (TPSA) is 155 Å². The quantitative estimate of drug-likeness (QED) is 0.328. The van der Waals surface area contributed by atoms with Crippen LogP contribution in [0.4, 0.5) is 4.39 Å². The molecule has 1 fully saturated rings. The summed E-state index contributed by atoms with van der Waals surface area (Å²) < 4.78 is 27.6. The van der Waals surface area contributed by atoms with E-state index in [0.717, 1.165) is 22.3 Å². The summed E-state index contributed by atoms with van der Waals surface area (Å²) in [5.41, 5.74) is 9.35. The van der Waals surface area contributed by atoms with Crippen molar-refractivity contribution in [3.05, 3.63) is 65.6 Å². The number of halogens is 1. The van der Waals surface area contributed by atoms with E-state index < -0.39 is 36.0 Å². The number of primary amides is 1. The van der Waals surface area contributed by atoms with Crippen molar-refractivity contribution < 1.29 is 28.2 Å². The second kappa shape index (κ2) is 11.5. The Balaban J connectivity index is 1.25. The highest BCUT2D eigenvalue weighted by Gasteiger charge is 2.42. The van der Waals surface area contributed by atoms with Crippen molar-refractivity contribution >= 4 is 28.6 Å². The zero-order valence-corrected chi connectivity index (χ0v) is 24.5. The van der Waals surface area contributed by atoms with Gasteiger partial charge in [-0.15, -0.1) is 0 Å². The van der Waals surface area contributed by atoms with Gasteiger partial charge in [0.2, 0.25) is 11.8 Å². The highest BCUT2D eigenvalue weighted by molar-refractivity contribution is 6.05. The van der Waals surface area contributed by atoms with Crippen molar-refractivity contribution in [3.63, 3.8) is 0 Å². The maximum absolute atomic E-state index is 14.8. The van der Waals surface area contributed by atoms with E-state index in [-0.39, 0.29) is 31.1 Å². The van der Waals surface area contributed by atoms with E-state index in [1.807, 2.05) is 26.0 Å². The number of aromatic nitrogens is 4. The number of likely N-dealkylation sites (tertiary alicyclic amines) is 1. The average Bonchev–Trinajstić information content (AvgIpc) is 3.59. The van der Waals surface area contributed by atoms with Gasteiger partial charge in [-0.3, -0.25) is 19.1 Å². The van der Waals surface area contributed by atoms with E-state index in [9.17, 15) is 18.8 Å². The summed E-state index contributed by atoms with van der Waals surface area (Å²) >= 11 is 0. The summed E-state index contributed by atoms with van der Waals surface area (Å²) in [5.74, 6) is -0.679. The lowest BCUT2D eigenvalue weighted by Crippen LogP contribution is -2.49. The maximum Gasteiger partial charge on any atom is 0.269 e. The van der Waals surface area contributed by atoms with Gasteiger partial charge in [-0.1, -0.05) is 19.1 Å². The van der Waals surface area contributed by atoms with Crippen LogP contribution < -0.4 is 20.5 Å². The Morgan fingerprint density at radius 3 is 2.70 bits per heavy atom. The lowest BCUT2D eigenvalue weighted by molar-refractivity contribution is -0.139. The van der Waals surface area contributed by atoms with Gasteiger partial charge in [-0.25, -0.2) is 4.39 Å². The number of nitrogens with one attached hydrogen (secondary N) is 1. The first-order valence-electron chi connectivity index (χ1n) is 14.3. The summed E-state index contributed by atoms with van der Waals surface area (Å²) in [6.45, 7) is 3.68. The maximum atomic E-state index is 14.8. The van der Waals surface area contributed by atoms with E-state index in [4.69, 9.17) is 15.2 Å². The lowest BCUT2D eigenvalue weighted by Gasteiger charge is -2.34. The smallest absolute Gasteiger partial charge is 0.269 e. The Morgan fingerprint density at radius 1 is 1.16 bits per heavy atom. The molecule has 1 saturated heterocycles. The number of methoxy groups -OCH3 is 1. The second-order valence-electron chi connectivity index (χ2n) is 11.3. The zero-order chi connectivity index (χ0) is 31.1. The number of alkyl halides is 1. The van der Waals surface area contributed by atoms with E-state index >= 15 is 0 Å². The molecular formula is C31H32FN7O5. The van der Waals surface area contributed by atoms with Gasteiger partial charge in [-0.2, -0.15) is 15.3 Å². The first-order chi connectivity index (χ1) is 21.1. The molecule has 0 aliphatic carbocycles. The molecule has 12 nitrogen and oxygen atoms in total. The molecule has 2 aliphatic rings. The van der Waals surface area contributed by atoms with Crippen molar-refractivity contribution in [2.45, 2.75) is 45.1 Å². The highest BCUT2D eigenvalue weighted by atomic mass is 19.1. The molecule has 0 radical (unpaired) electrons. The van der Waals surface area contributed by atoms with Crippen LogP contribution in [0.25, 0.3) is 22.0 Å². The number of nitrogens with zero attached hydrogens (tertiary/aromatic N) is 5. The minimum atomic E-state index is -1.37. The number of aryl methyl sites for hydroxylation is 1. The summed E-state index contributed by atoms with van der Waals surface area (Å²) in [6, 6.07) is 9.40. The third-order valence-corrected chi connectivity index (χ3v) is 8.20. The molecule has 2 aromatic carbocycles. The fraction of sp³-hybridized carbons (Fsp3) is 0.355. The lowest BCUT2D eigenvalue weighted by atomic mass is 9.90. The number of fused-ring (bicyclic) bond motifs is 2. The monoisotopic (exact) mass is 601 g/mol. The van der Waals surface area contributed by atoms with Gasteiger partial charge in [-0.05, 0) is 42.3 Å². The first-order valence-corrected chi connectivity index (χ1v) is 14.3. The van der Waals surface area contributed by atoms with E-state index in [0.29, 0.717) is 29.0 Å². The van der Waals surface area contributed by atoms with Crippen LogP contribution in [-0.4, -0.2) is 75.1 Å². The van der Waals surface area contributed by atoms with Gasteiger partial charge < -0.3 is 25.4 Å². The fourth-order valence-corrected chi connectivity index (χ4v) is 6.04. The average molecular weight is 602 g/mol. The molecule has 6 rings (SSSR count). The molecule has 228 valence electrons. The van der Waals surface area contributed by atoms with Gasteiger partial charge in [0.05, 0.1) is 44.2 Å². The Bertz CT molecular complexity index is 1760. The van der Waals surface area contributed by atoms with Crippen LogP contribution in [0.15, 0.2) is 48.8 Å². The fourth-order valence-electron chi connectivity index (χ4n) is 6.04. The van der Waals surface area contributed by atoms with E-state index in [1.54, 1.807) is 43.8 Å². The molecule has 4 atom stereocenters. The number of rotatable bonds is 7. The molecular weight excluding hydrogens is 569 g/mol. The Hall–Kier alpha value is -5.07. The molecule has 0 saturated carbocycles. The number of carbonyl (C=O) groups excluding carboxylic acids is 3. The molecule has 0 bridgehead atoms. The number of benzene rings is 2. The second-order valence-corrected chi connectivity index (χ2v) is 11.3. The van der Waals surface area contributed by atoms with Crippen molar-refractivity contribution in [3.8, 4) is 22.6 Å². The van der Waals surface area contributed by atoms with Crippen LogP contribution in [-0.2, 0) is 16.1 Å². The summed E-state index contributed by atoms with van der Waals surface area (Å²) in [4.78, 5) is 40.8. The molecule has 3 N–H and O–H groups in total. The third-order valence-electron chi connectivity index (χ3n) is 8.20. The van der Waals surface area contributed by atoms with Gasteiger partial charge >= 0.3 is 0 Å². The normalized spacial score (nSPS) is 21.0. The molecule has 44 heavy (non-hydrogen) atoms. The number of hydrogen-bond donors (Lipinski definition) is 2. The summed E-state index contributed by atoms with van der Waals surface area (Å²) in [6.07, 6.45) is 1.64. The molecule has 2 aliphatic heterocycles. The van der Waals surface area contributed by atoms with Crippen LogP contribution in [0.1, 0.15) is 41.0 Å². The van der Waals surface area contributed by atoms with Crippen LogP contribution in [0.5, 0.6) is 11.5 Å². The predicted octanol–water partition coefficient (Wildman–Crippen LogP) is 2.73. The molecule has 3 amide bonds. The van der Waals surface area contributed by atoms with Gasteiger partial charge in [0.1, 0.15) is 18.8 Å². The van der Waals surface area contributed by atoms with Crippen LogP contribution in [0.3, 0.4) is 0 Å². The largest absolute Gasteiger partial charge is 0.493 e. The van der Waals surface area contributed by atoms with Gasteiger partial charge in [0.15, 0.2) is 17.2 Å². The van der Waals surface area contributed by atoms with Crippen molar-refractivity contribution in [1.82, 2.24) is 30.2 Å². The first kappa shape index (κ1) is 29.0. The Kier molecular flexibility index (Phi) is 7.62. The van der Waals surface area contributed by atoms with E-state index in [1.165, 1.54) is 9.58 Å². The minimum absolute atomic E-state index is 0.00589. The minimum Gasteiger partial charge on any atom is -0.493 e. The molecule has 0 spiro atoms. The number of carbonyl (C=O) groups is 3.